The molecule has 2 aliphatic heterocycles. The van der Waals surface area contributed by atoms with E-state index in [2.05, 4.69) is 6.92 Å². The highest BCUT2D eigenvalue weighted by molar-refractivity contribution is 7.99. The van der Waals surface area contributed by atoms with Crippen LogP contribution >= 0.6 is 11.8 Å². The average molecular weight is 393 g/mol. The van der Waals surface area contributed by atoms with Gasteiger partial charge in [0.05, 0.1) is 18.4 Å². The van der Waals surface area contributed by atoms with Crippen LogP contribution in [-0.4, -0.2) is 71.7 Å². The molecule has 0 radical (unpaired) electrons. The number of hydrogen-bond acceptors (Lipinski definition) is 5. The summed E-state index contributed by atoms with van der Waals surface area (Å²) in [6.07, 6.45) is 2.38. The van der Waals surface area contributed by atoms with Gasteiger partial charge in [0.1, 0.15) is 12.4 Å². The van der Waals surface area contributed by atoms with Gasteiger partial charge < -0.3 is 14.4 Å². The summed E-state index contributed by atoms with van der Waals surface area (Å²) in [6, 6.07) is 10.1. The molecule has 1 atom stereocenters. The van der Waals surface area contributed by atoms with Crippen LogP contribution in [0.5, 0.6) is 5.75 Å². The number of ether oxygens (including phenoxy) is 2. The molecule has 3 rings (SSSR count). The Hall–Kier alpha value is -1.89. The number of amides is 2. The maximum absolute atomic E-state index is 12.4. The van der Waals surface area contributed by atoms with Crippen LogP contribution in [0, 0.1) is 0 Å². The van der Waals surface area contributed by atoms with E-state index >= 15 is 0 Å². The third-order valence-electron chi connectivity index (χ3n) is 5.15. The molecule has 1 unspecified atom stereocenters. The van der Waals surface area contributed by atoms with Gasteiger partial charge in [-0.3, -0.25) is 9.69 Å². The molecule has 2 fully saturated rings. The Morgan fingerprint density at radius 2 is 2.00 bits per heavy atom. The molecule has 0 saturated carbocycles. The first-order valence-electron chi connectivity index (χ1n) is 9.67. The SMILES string of the molecule is CCC1COC(=O)N1C1CCN(C(=O)CSCCOc2ccccc2)CC1. The first kappa shape index (κ1) is 19.9. The fourth-order valence-corrected chi connectivity index (χ4v) is 4.32. The molecule has 2 heterocycles. The number of cyclic esters (lactones) is 1. The topological polar surface area (TPSA) is 59.1 Å². The lowest BCUT2D eigenvalue weighted by molar-refractivity contribution is -0.129. The minimum absolute atomic E-state index is 0.175. The number of para-hydroxylation sites is 1. The second-order valence-electron chi connectivity index (χ2n) is 6.87. The lowest BCUT2D eigenvalue weighted by Gasteiger charge is -2.37. The lowest BCUT2D eigenvalue weighted by Crippen LogP contribution is -2.50. The smallest absolute Gasteiger partial charge is 0.410 e. The Kier molecular flexibility index (Phi) is 7.26. The Morgan fingerprint density at radius 3 is 2.70 bits per heavy atom. The van der Waals surface area contributed by atoms with Crippen molar-refractivity contribution in [1.29, 1.82) is 0 Å². The molecule has 0 aromatic heterocycles. The first-order chi connectivity index (χ1) is 13.2. The van der Waals surface area contributed by atoms with Gasteiger partial charge in [0.15, 0.2) is 0 Å². The molecule has 0 N–H and O–H groups in total. The van der Waals surface area contributed by atoms with Gasteiger partial charge in [-0.1, -0.05) is 25.1 Å². The normalized spacial score (nSPS) is 20.6. The molecule has 0 bridgehead atoms. The van der Waals surface area contributed by atoms with Gasteiger partial charge in [0, 0.05) is 24.9 Å². The fourth-order valence-electron chi connectivity index (χ4n) is 3.61. The Balaban J connectivity index is 1.33. The van der Waals surface area contributed by atoms with Crippen LogP contribution in [0.15, 0.2) is 30.3 Å². The summed E-state index contributed by atoms with van der Waals surface area (Å²) in [6.45, 7) is 4.60. The van der Waals surface area contributed by atoms with E-state index in [1.807, 2.05) is 40.1 Å². The third-order valence-corrected chi connectivity index (χ3v) is 6.06. The van der Waals surface area contributed by atoms with E-state index in [0.717, 1.165) is 30.8 Å². The van der Waals surface area contributed by atoms with Crippen LogP contribution in [0.25, 0.3) is 0 Å². The minimum atomic E-state index is -0.194. The largest absolute Gasteiger partial charge is 0.493 e. The summed E-state index contributed by atoms with van der Waals surface area (Å²) in [5.41, 5.74) is 0. The number of hydrogen-bond donors (Lipinski definition) is 0. The molecule has 2 saturated heterocycles. The van der Waals surface area contributed by atoms with Crippen molar-refractivity contribution in [2.75, 3.05) is 37.8 Å². The summed E-state index contributed by atoms with van der Waals surface area (Å²) in [5, 5.41) is 0. The monoisotopic (exact) mass is 392 g/mol. The molecule has 1 aromatic carbocycles. The second kappa shape index (κ2) is 9.88. The van der Waals surface area contributed by atoms with Gasteiger partial charge in [-0.2, -0.15) is 0 Å². The predicted octanol–water partition coefficient (Wildman–Crippen LogP) is 3.02. The van der Waals surface area contributed by atoms with Crippen LogP contribution in [-0.2, 0) is 9.53 Å². The molecule has 7 heteroatoms. The van der Waals surface area contributed by atoms with Gasteiger partial charge in [-0.15, -0.1) is 11.8 Å². The standard InChI is InChI=1S/C20H28N2O4S/c1-2-16-14-26-20(24)22(16)17-8-10-21(11-9-17)19(23)15-27-13-12-25-18-6-4-3-5-7-18/h3-7,16-17H,2,8-15H2,1H3. The number of piperidine rings is 1. The number of carbonyl (C=O) groups excluding carboxylic acids is 2. The Bertz CT molecular complexity index is 620. The van der Waals surface area contributed by atoms with E-state index in [9.17, 15) is 9.59 Å². The van der Waals surface area contributed by atoms with E-state index in [-0.39, 0.29) is 24.1 Å². The number of likely N-dealkylation sites (tertiary alicyclic amines) is 1. The second-order valence-corrected chi connectivity index (χ2v) is 7.98. The average Bonchev–Trinajstić information content (AvgIpc) is 3.09. The summed E-state index contributed by atoms with van der Waals surface area (Å²) in [7, 11) is 0. The molecular weight excluding hydrogens is 364 g/mol. The van der Waals surface area contributed by atoms with Crippen molar-refractivity contribution >= 4 is 23.8 Å². The van der Waals surface area contributed by atoms with Crippen molar-refractivity contribution in [3.05, 3.63) is 30.3 Å². The summed E-state index contributed by atoms with van der Waals surface area (Å²) in [5.74, 6) is 2.30. The summed E-state index contributed by atoms with van der Waals surface area (Å²) < 4.78 is 10.8. The van der Waals surface area contributed by atoms with Gasteiger partial charge in [0.25, 0.3) is 0 Å². The highest BCUT2D eigenvalue weighted by Crippen LogP contribution is 2.25. The van der Waals surface area contributed by atoms with Crippen molar-refractivity contribution in [3.8, 4) is 5.75 Å². The van der Waals surface area contributed by atoms with Crippen LogP contribution in [0.1, 0.15) is 26.2 Å². The number of benzene rings is 1. The molecule has 6 nitrogen and oxygen atoms in total. The summed E-state index contributed by atoms with van der Waals surface area (Å²) in [4.78, 5) is 28.2. The quantitative estimate of drug-likeness (QED) is 0.637. The first-order valence-corrected chi connectivity index (χ1v) is 10.8. The van der Waals surface area contributed by atoms with Crippen LogP contribution < -0.4 is 4.74 Å². The minimum Gasteiger partial charge on any atom is -0.493 e. The summed E-state index contributed by atoms with van der Waals surface area (Å²) >= 11 is 1.60. The molecule has 0 spiro atoms. The van der Waals surface area contributed by atoms with Gasteiger partial charge in [-0.05, 0) is 31.4 Å². The molecule has 27 heavy (non-hydrogen) atoms. The molecular formula is C20H28N2O4S. The van der Waals surface area contributed by atoms with E-state index in [4.69, 9.17) is 9.47 Å². The lowest BCUT2D eigenvalue weighted by atomic mass is 10.0. The van der Waals surface area contributed by atoms with Crippen molar-refractivity contribution < 1.29 is 19.1 Å². The van der Waals surface area contributed by atoms with E-state index in [0.29, 0.717) is 32.1 Å². The van der Waals surface area contributed by atoms with E-state index in [1.165, 1.54) is 0 Å². The number of thioether (sulfide) groups is 1. The van der Waals surface area contributed by atoms with Crippen molar-refractivity contribution in [2.24, 2.45) is 0 Å². The number of rotatable bonds is 8. The van der Waals surface area contributed by atoms with Gasteiger partial charge >= 0.3 is 6.09 Å². The molecule has 1 aromatic rings. The third kappa shape index (κ3) is 5.31. The maximum atomic E-state index is 12.4. The van der Waals surface area contributed by atoms with Gasteiger partial charge in [-0.25, -0.2) is 4.79 Å². The van der Waals surface area contributed by atoms with Crippen molar-refractivity contribution in [1.82, 2.24) is 9.80 Å². The number of nitrogens with zero attached hydrogens (tertiary/aromatic N) is 2. The van der Waals surface area contributed by atoms with E-state index in [1.54, 1.807) is 11.8 Å². The van der Waals surface area contributed by atoms with Crippen LogP contribution in [0.3, 0.4) is 0 Å². The van der Waals surface area contributed by atoms with E-state index < -0.39 is 0 Å². The Labute approximate surface area is 165 Å². The highest BCUT2D eigenvalue weighted by Gasteiger charge is 2.38. The maximum Gasteiger partial charge on any atom is 0.410 e. The van der Waals surface area contributed by atoms with Gasteiger partial charge in [0.2, 0.25) is 5.91 Å². The number of carbonyl (C=O) groups is 2. The zero-order valence-corrected chi connectivity index (χ0v) is 16.7. The fraction of sp³-hybridized carbons (Fsp3) is 0.600. The molecule has 2 amide bonds. The van der Waals surface area contributed by atoms with Crippen molar-refractivity contribution in [2.45, 2.75) is 38.3 Å². The Morgan fingerprint density at radius 1 is 1.26 bits per heavy atom. The molecule has 2 aliphatic rings. The predicted molar refractivity (Wildman–Crippen MR) is 106 cm³/mol. The van der Waals surface area contributed by atoms with Crippen molar-refractivity contribution in [3.63, 3.8) is 0 Å². The zero-order valence-electron chi connectivity index (χ0n) is 15.8. The molecule has 148 valence electrons. The van der Waals surface area contributed by atoms with Crippen LogP contribution in [0.2, 0.25) is 0 Å². The highest BCUT2D eigenvalue weighted by atomic mass is 32.2. The van der Waals surface area contributed by atoms with Crippen LogP contribution in [0.4, 0.5) is 4.79 Å². The zero-order chi connectivity index (χ0) is 19.1. The molecule has 0 aliphatic carbocycles.